The van der Waals surface area contributed by atoms with Crippen LogP contribution < -0.4 is 15.2 Å². The second kappa shape index (κ2) is 8.36. The first kappa shape index (κ1) is 16.3. The summed E-state index contributed by atoms with van der Waals surface area (Å²) in [6.45, 7) is 1.37. The van der Waals surface area contributed by atoms with Gasteiger partial charge < -0.3 is 15.2 Å². The van der Waals surface area contributed by atoms with Gasteiger partial charge in [0.15, 0.2) is 5.13 Å². The fourth-order valence-corrected chi connectivity index (χ4v) is 2.84. The van der Waals surface area contributed by atoms with E-state index in [2.05, 4.69) is 4.98 Å². The fraction of sp³-hybridized carbons (Fsp3) is 0.211. The molecule has 1 aromatic heterocycles. The van der Waals surface area contributed by atoms with E-state index in [1.807, 2.05) is 60.0 Å². The number of benzene rings is 2. The first-order valence-corrected chi connectivity index (χ1v) is 8.81. The van der Waals surface area contributed by atoms with Crippen LogP contribution in [0.1, 0.15) is 12.8 Å². The maximum atomic E-state index is 5.82. The molecule has 0 aliphatic rings. The third kappa shape index (κ3) is 4.73. The van der Waals surface area contributed by atoms with Crippen LogP contribution in [0.15, 0.2) is 60.0 Å². The molecule has 4 nitrogen and oxygen atoms in total. The summed E-state index contributed by atoms with van der Waals surface area (Å²) in [5.41, 5.74) is 7.60. The molecule has 0 atom stereocenters. The molecule has 0 bridgehead atoms. The molecule has 0 aliphatic carbocycles. The predicted molar refractivity (Wildman–Crippen MR) is 98.6 cm³/mol. The summed E-state index contributed by atoms with van der Waals surface area (Å²) in [6.07, 6.45) is 1.90. The number of rotatable bonds is 8. The quantitative estimate of drug-likeness (QED) is 0.607. The Balaban J connectivity index is 1.41. The summed E-state index contributed by atoms with van der Waals surface area (Å²) in [5.74, 6) is 1.76. The van der Waals surface area contributed by atoms with Crippen molar-refractivity contribution in [3.05, 3.63) is 60.0 Å². The number of hydrogen-bond acceptors (Lipinski definition) is 5. The predicted octanol–water partition coefficient (Wildman–Crippen LogP) is 4.63. The van der Waals surface area contributed by atoms with E-state index in [4.69, 9.17) is 15.2 Å². The zero-order valence-corrected chi connectivity index (χ0v) is 14.2. The second-order valence-electron chi connectivity index (χ2n) is 5.32. The summed E-state index contributed by atoms with van der Waals surface area (Å²) in [4.78, 5) is 4.30. The van der Waals surface area contributed by atoms with Gasteiger partial charge >= 0.3 is 0 Å². The van der Waals surface area contributed by atoms with Crippen LogP contribution in [0.5, 0.6) is 11.5 Å². The molecular formula is C19H20N2O2S. The van der Waals surface area contributed by atoms with Gasteiger partial charge in [-0.05, 0) is 37.1 Å². The highest BCUT2D eigenvalue weighted by molar-refractivity contribution is 7.13. The highest BCUT2D eigenvalue weighted by Gasteiger charge is 2.04. The van der Waals surface area contributed by atoms with E-state index in [9.17, 15) is 0 Å². The molecule has 3 aromatic rings. The number of ether oxygens (including phenoxy) is 2. The maximum Gasteiger partial charge on any atom is 0.180 e. The minimum absolute atomic E-state index is 0.578. The van der Waals surface area contributed by atoms with Crippen molar-refractivity contribution in [1.82, 2.24) is 4.98 Å². The van der Waals surface area contributed by atoms with Gasteiger partial charge in [0.25, 0.3) is 0 Å². The van der Waals surface area contributed by atoms with Crippen molar-refractivity contribution in [1.29, 1.82) is 0 Å². The number of thiazole rings is 1. The van der Waals surface area contributed by atoms with Gasteiger partial charge in [0, 0.05) is 10.9 Å². The Bertz CT molecular complexity index is 759. The van der Waals surface area contributed by atoms with E-state index < -0.39 is 0 Å². The molecule has 1 heterocycles. The standard InChI is InChI=1S/C19H20N2O2S/c20-19-21-18(14-24-19)15-7-6-10-17(13-15)23-12-5-4-11-22-16-8-2-1-3-9-16/h1-3,6-10,13-14H,4-5,11-12H2,(H2,20,21). The fourth-order valence-electron chi connectivity index (χ4n) is 2.27. The van der Waals surface area contributed by atoms with Gasteiger partial charge in [-0.25, -0.2) is 4.98 Å². The smallest absolute Gasteiger partial charge is 0.180 e. The molecule has 0 spiro atoms. The molecule has 24 heavy (non-hydrogen) atoms. The minimum Gasteiger partial charge on any atom is -0.494 e. The Morgan fingerprint density at radius 3 is 2.29 bits per heavy atom. The van der Waals surface area contributed by atoms with Crippen molar-refractivity contribution in [3.8, 4) is 22.8 Å². The third-order valence-electron chi connectivity index (χ3n) is 3.47. The average Bonchev–Trinajstić information content (AvgIpc) is 3.06. The number of hydrogen-bond donors (Lipinski definition) is 1. The summed E-state index contributed by atoms with van der Waals surface area (Å²) in [7, 11) is 0. The third-order valence-corrected chi connectivity index (χ3v) is 4.14. The van der Waals surface area contributed by atoms with E-state index in [1.54, 1.807) is 0 Å². The molecule has 0 radical (unpaired) electrons. The molecule has 0 aliphatic heterocycles. The first-order chi connectivity index (χ1) is 11.8. The van der Waals surface area contributed by atoms with Crippen molar-refractivity contribution in [2.45, 2.75) is 12.8 Å². The SMILES string of the molecule is Nc1nc(-c2cccc(OCCCCOc3ccccc3)c2)cs1. The van der Waals surface area contributed by atoms with E-state index in [0.717, 1.165) is 35.6 Å². The van der Waals surface area contributed by atoms with Gasteiger partial charge in [-0.15, -0.1) is 11.3 Å². The number of aromatic nitrogens is 1. The summed E-state index contributed by atoms with van der Waals surface area (Å²) in [6, 6.07) is 17.8. The van der Waals surface area contributed by atoms with Crippen LogP contribution in [0.2, 0.25) is 0 Å². The van der Waals surface area contributed by atoms with E-state index >= 15 is 0 Å². The zero-order valence-electron chi connectivity index (χ0n) is 13.4. The van der Waals surface area contributed by atoms with Crippen LogP contribution in [0.3, 0.4) is 0 Å². The van der Waals surface area contributed by atoms with Gasteiger partial charge in [0.2, 0.25) is 0 Å². The van der Waals surface area contributed by atoms with Gasteiger partial charge in [-0.2, -0.15) is 0 Å². The number of unbranched alkanes of at least 4 members (excludes halogenated alkanes) is 1. The first-order valence-electron chi connectivity index (χ1n) is 7.93. The van der Waals surface area contributed by atoms with Crippen LogP contribution in [-0.4, -0.2) is 18.2 Å². The van der Waals surface area contributed by atoms with Crippen LogP contribution in [0.25, 0.3) is 11.3 Å². The molecular weight excluding hydrogens is 320 g/mol. The lowest BCUT2D eigenvalue weighted by Gasteiger charge is -2.08. The Labute approximate surface area is 145 Å². The lowest BCUT2D eigenvalue weighted by atomic mass is 10.2. The van der Waals surface area contributed by atoms with E-state index in [0.29, 0.717) is 18.3 Å². The molecule has 0 saturated carbocycles. The van der Waals surface area contributed by atoms with Crippen molar-refractivity contribution >= 4 is 16.5 Å². The number of nitrogen functional groups attached to an aromatic ring is 1. The molecule has 0 fully saturated rings. The summed E-state index contributed by atoms with van der Waals surface area (Å²) in [5, 5.41) is 2.53. The molecule has 2 aromatic carbocycles. The number of para-hydroxylation sites is 1. The molecule has 124 valence electrons. The minimum atomic E-state index is 0.578. The molecule has 2 N–H and O–H groups in total. The molecule has 0 unspecified atom stereocenters. The normalized spacial score (nSPS) is 10.5. The average molecular weight is 340 g/mol. The Hall–Kier alpha value is -2.53. The highest BCUT2D eigenvalue weighted by atomic mass is 32.1. The van der Waals surface area contributed by atoms with Gasteiger partial charge in [0.05, 0.1) is 18.9 Å². The van der Waals surface area contributed by atoms with Gasteiger partial charge in [-0.1, -0.05) is 30.3 Å². The van der Waals surface area contributed by atoms with Crippen molar-refractivity contribution in [2.75, 3.05) is 18.9 Å². The monoisotopic (exact) mass is 340 g/mol. The zero-order chi connectivity index (χ0) is 16.6. The van der Waals surface area contributed by atoms with E-state index in [-0.39, 0.29) is 0 Å². The van der Waals surface area contributed by atoms with Gasteiger partial charge in [0.1, 0.15) is 11.5 Å². The van der Waals surface area contributed by atoms with Crippen molar-refractivity contribution in [3.63, 3.8) is 0 Å². The lowest BCUT2D eigenvalue weighted by Crippen LogP contribution is -2.02. The molecule has 0 amide bonds. The lowest BCUT2D eigenvalue weighted by molar-refractivity contribution is 0.266. The highest BCUT2D eigenvalue weighted by Crippen LogP contribution is 2.26. The molecule has 3 rings (SSSR count). The molecule has 5 heteroatoms. The molecule has 0 saturated heterocycles. The Morgan fingerprint density at radius 1 is 0.875 bits per heavy atom. The maximum absolute atomic E-state index is 5.82. The van der Waals surface area contributed by atoms with Crippen molar-refractivity contribution in [2.24, 2.45) is 0 Å². The van der Waals surface area contributed by atoms with Gasteiger partial charge in [-0.3, -0.25) is 0 Å². The number of anilines is 1. The van der Waals surface area contributed by atoms with Crippen LogP contribution >= 0.6 is 11.3 Å². The number of nitrogens with zero attached hydrogens (tertiary/aromatic N) is 1. The second-order valence-corrected chi connectivity index (χ2v) is 6.21. The Morgan fingerprint density at radius 2 is 1.58 bits per heavy atom. The van der Waals surface area contributed by atoms with Crippen LogP contribution in [-0.2, 0) is 0 Å². The van der Waals surface area contributed by atoms with Crippen LogP contribution in [0.4, 0.5) is 5.13 Å². The van der Waals surface area contributed by atoms with Crippen molar-refractivity contribution < 1.29 is 9.47 Å². The summed E-state index contributed by atoms with van der Waals surface area (Å²) >= 11 is 1.44. The Kier molecular flexibility index (Phi) is 5.69. The number of nitrogens with two attached hydrogens (primary N) is 1. The topological polar surface area (TPSA) is 57.4 Å². The van der Waals surface area contributed by atoms with E-state index in [1.165, 1.54) is 11.3 Å². The largest absolute Gasteiger partial charge is 0.494 e. The van der Waals surface area contributed by atoms with Crippen LogP contribution in [0, 0.1) is 0 Å². The summed E-state index contributed by atoms with van der Waals surface area (Å²) < 4.78 is 11.5.